The normalized spacial score (nSPS) is 20.1. The lowest BCUT2D eigenvalue weighted by molar-refractivity contribution is -0.167. The van der Waals surface area contributed by atoms with Gasteiger partial charge < -0.3 is 14.9 Å². The lowest BCUT2D eigenvalue weighted by Gasteiger charge is -2.63. The summed E-state index contributed by atoms with van der Waals surface area (Å²) in [5, 5.41) is 18.7. The average molecular weight is 401 g/mol. The zero-order valence-electron chi connectivity index (χ0n) is 16.7. The number of hydrogen-bond donors (Lipinski definition) is 1. The zero-order valence-corrected chi connectivity index (χ0v) is 16.7. The first-order valence-corrected chi connectivity index (χ1v) is 10.3. The average Bonchev–Trinajstić information content (AvgIpc) is 3.48. The number of phenolic OH excluding ortho intramolecular Hbond substituents is 1. The van der Waals surface area contributed by atoms with Crippen LogP contribution in [0, 0.1) is 16.7 Å². The van der Waals surface area contributed by atoms with Crippen molar-refractivity contribution in [2.45, 2.75) is 31.2 Å². The third-order valence-corrected chi connectivity index (χ3v) is 6.93. The van der Waals surface area contributed by atoms with E-state index in [0.29, 0.717) is 18.7 Å². The molecule has 0 bridgehead atoms. The van der Waals surface area contributed by atoms with Crippen molar-refractivity contribution in [2.75, 3.05) is 19.6 Å². The van der Waals surface area contributed by atoms with E-state index in [1.165, 1.54) is 23.8 Å². The van der Waals surface area contributed by atoms with Gasteiger partial charge in [-0.25, -0.2) is 0 Å². The minimum absolute atomic E-state index is 0.0909. The molecule has 152 valence electrons. The number of aromatic hydroxyl groups is 1. The van der Waals surface area contributed by atoms with E-state index < -0.39 is 0 Å². The first-order valence-electron chi connectivity index (χ1n) is 10.3. The second-order valence-electron chi connectivity index (χ2n) is 8.88. The summed E-state index contributed by atoms with van der Waals surface area (Å²) in [6.07, 6.45) is 3.57. The minimum atomic E-state index is -0.266. The Kier molecular flexibility index (Phi) is 4.11. The van der Waals surface area contributed by atoms with Crippen LogP contribution in [-0.4, -0.2) is 51.9 Å². The van der Waals surface area contributed by atoms with Crippen LogP contribution in [0.2, 0.25) is 0 Å². The molecule has 5 rings (SSSR count). The highest BCUT2D eigenvalue weighted by Gasteiger charge is 2.62. The maximum atomic E-state index is 13.3. The van der Waals surface area contributed by atoms with Crippen molar-refractivity contribution in [1.82, 2.24) is 9.80 Å². The highest BCUT2D eigenvalue weighted by atomic mass is 16.3. The number of likely N-dealkylation sites (tertiary alicyclic amines) is 2. The minimum Gasteiger partial charge on any atom is -0.507 e. The second kappa shape index (κ2) is 6.60. The van der Waals surface area contributed by atoms with Gasteiger partial charge in [0.2, 0.25) is 5.91 Å². The quantitative estimate of drug-likeness (QED) is 0.854. The van der Waals surface area contributed by atoms with Crippen LogP contribution in [0.3, 0.4) is 0 Å². The fourth-order valence-electron chi connectivity index (χ4n) is 4.82. The summed E-state index contributed by atoms with van der Waals surface area (Å²) < 4.78 is 0. The maximum absolute atomic E-state index is 13.3. The molecule has 0 atom stereocenters. The first kappa shape index (κ1) is 18.7. The summed E-state index contributed by atoms with van der Waals surface area (Å²) in [6, 6.07) is 16.4. The Morgan fingerprint density at radius 1 is 1.07 bits per heavy atom. The number of amides is 2. The van der Waals surface area contributed by atoms with E-state index in [-0.39, 0.29) is 34.1 Å². The van der Waals surface area contributed by atoms with Crippen LogP contribution < -0.4 is 0 Å². The molecule has 0 unspecified atom stereocenters. The molecule has 3 fully saturated rings. The molecule has 6 heteroatoms. The van der Waals surface area contributed by atoms with Crippen molar-refractivity contribution in [3.8, 4) is 11.8 Å². The third-order valence-electron chi connectivity index (χ3n) is 6.93. The number of nitrogens with zero attached hydrogens (tertiary/aromatic N) is 3. The van der Waals surface area contributed by atoms with Crippen molar-refractivity contribution in [3.63, 3.8) is 0 Å². The molecule has 2 aromatic rings. The molecule has 0 aromatic heterocycles. The Morgan fingerprint density at radius 2 is 1.80 bits per heavy atom. The maximum Gasteiger partial charge on any atom is 0.254 e. The van der Waals surface area contributed by atoms with Gasteiger partial charge in [0.25, 0.3) is 5.91 Å². The molecule has 1 aliphatic carbocycles. The van der Waals surface area contributed by atoms with E-state index in [9.17, 15) is 14.7 Å². The number of carbonyl (C=O) groups excluding carboxylic acids is 2. The smallest absolute Gasteiger partial charge is 0.254 e. The van der Waals surface area contributed by atoms with Gasteiger partial charge in [-0.15, -0.1) is 0 Å². The Labute approximate surface area is 175 Å². The predicted octanol–water partition coefficient (Wildman–Crippen LogP) is 2.71. The fourth-order valence-corrected chi connectivity index (χ4v) is 4.82. The molecule has 1 saturated carbocycles. The van der Waals surface area contributed by atoms with Crippen LogP contribution in [0.1, 0.15) is 40.7 Å². The van der Waals surface area contributed by atoms with E-state index in [2.05, 4.69) is 12.1 Å². The van der Waals surface area contributed by atoms with Gasteiger partial charge >= 0.3 is 0 Å². The highest BCUT2D eigenvalue weighted by molar-refractivity contribution is 5.96. The summed E-state index contributed by atoms with van der Waals surface area (Å²) in [6.45, 7) is 1.82. The first-order chi connectivity index (χ1) is 14.5. The number of benzene rings is 2. The van der Waals surface area contributed by atoms with Gasteiger partial charge in [-0.3, -0.25) is 9.59 Å². The molecule has 2 heterocycles. The monoisotopic (exact) mass is 401 g/mol. The van der Waals surface area contributed by atoms with E-state index in [1.54, 1.807) is 4.90 Å². The topological polar surface area (TPSA) is 84.6 Å². The second-order valence-corrected chi connectivity index (χ2v) is 8.88. The number of rotatable bonds is 4. The molecule has 1 spiro atoms. The summed E-state index contributed by atoms with van der Waals surface area (Å²) in [5.41, 5.74) is 1.18. The zero-order chi connectivity index (χ0) is 20.9. The van der Waals surface area contributed by atoms with Crippen LogP contribution in [0.5, 0.6) is 5.75 Å². The third kappa shape index (κ3) is 2.85. The SMILES string of the molecule is N#Cc1cc(C(=O)N2CC3(CCN3C(=O)C3(Cc4ccccc4)CC3)C2)ccc1O. The lowest BCUT2D eigenvalue weighted by Crippen LogP contribution is -2.79. The molecule has 2 saturated heterocycles. The Morgan fingerprint density at radius 3 is 2.40 bits per heavy atom. The van der Waals surface area contributed by atoms with E-state index in [4.69, 9.17) is 5.26 Å². The molecule has 2 amide bonds. The van der Waals surface area contributed by atoms with E-state index >= 15 is 0 Å². The largest absolute Gasteiger partial charge is 0.507 e. The summed E-state index contributed by atoms with van der Waals surface area (Å²) in [5.74, 6) is -0.0546. The van der Waals surface area contributed by atoms with Crippen LogP contribution >= 0.6 is 0 Å². The number of carbonyl (C=O) groups is 2. The van der Waals surface area contributed by atoms with E-state index in [1.807, 2.05) is 29.2 Å². The summed E-state index contributed by atoms with van der Waals surface area (Å²) in [4.78, 5) is 29.9. The molecule has 30 heavy (non-hydrogen) atoms. The van der Waals surface area contributed by atoms with Crippen molar-refractivity contribution >= 4 is 11.8 Å². The predicted molar refractivity (Wildman–Crippen MR) is 110 cm³/mol. The van der Waals surface area contributed by atoms with Crippen LogP contribution in [0.25, 0.3) is 0 Å². The Bertz CT molecular complexity index is 1060. The van der Waals surface area contributed by atoms with Gasteiger partial charge in [0.15, 0.2) is 0 Å². The van der Waals surface area contributed by atoms with Crippen molar-refractivity contribution in [2.24, 2.45) is 5.41 Å². The summed E-state index contributed by atoms with van der Waals surface area (Å²) >= 11 is 0. The molecule has 2 aromatic carbocycles. The van der Waals surface area contributed by atoms with E-state index in [0.717, 1.165) is 32.2 Å². The Hall–Kier alpha value is -3.33. The highest BCUT2D eigenvalue weighted by Crippen LogP contribution is 2.53. The van der Waals surface area contributed by atoms with Crippen molar-refractivity contribution in [3.05, 3.63) is 65.2 Å². The molecular formula is C24H23N3O3. The Balaban J connectivity index is 1.25. The molecular weight excluding hydrogens is 378 g/mol. The molecule has 6 nitrogen and oxygen atoms in total. The lowest BCUT2D eigenvalue weighted by atomic mass is 9.75. The van der Waals surface area contributed by atoms with Crippen molar-refractivity contribution in [1.29, 1.82) is 5.26 Å². The molecule has 0 radical (unpaired) electrons. The number of phenols is 1. The number of nitriles is 1. The number of hydrogen-bond acceptors (Lipinski definition) is 4. The standard InChI is InChI=1S/C24H23N3O3/c25-14-19-12-18(6-7-20(19)28)21(29)26-15-24(16-26)10-11-27(24)22(30)23(8-9-23)13-17-4-2-1-3-5-17/h1-7,12,28H,8-11,13,15-16H2. The molecule has 1 N–H and O–H groups in total. The van der Waals surface area contributed by atoms with Gasteiger partial charge in [-0.2, -0.15) is 5.26 Å². The fraction of sp³-hybridized carbons (Fsp3) is 0.375. The van der Waals surface area contributed by atoms with Crippen molar-refractivity contribution < 1.29 is 14.7 Å². The molecule has 3 aliphatic rings. The van der Waals surface area contributed by atoms with Crippen LogP contribution in [0.15, 0.2) is 48.5 Å². The summed E-state index contributed by atoms with van der Waals surface area (Å²) in [7, 11) is 0. The van der Waals surface area contributed by atoms with Gasteiger partial charge in [0.05, 0.1) is 16.5 Å². The van der Waals surface area contributed by atoms with Crippen LogP contribution in [-0.2, 0) is 11.2 Å². The van der Waals surface area contributed by atoms with Gasteiger partial charge in [0, 0.05) is 25.2 Å². The molecule has 2 aliphatic heterocycles. The van der Waals surface area contributed by atoms with Gasteiger partial charge in [-0.05, 0) is 49.4 Å². The van der Waals surface area contributed by atoms with Crippen LogP contribution in [0.4, 0.5) is 0 Å². The van der Waals surface area contributed by atoms with Gasteiger partial charge in [0.1, 0.15) is 11.8 Å². The van der Waals surface area contributed by atoms with Gasteiger partial charge in [-0.1, -0.05) is 30.3 Å².